The average molecular weight is 251 g/mol. The van der Waals surface area contributed by atoms with Crippen molar-refractivity contribution in [2.75, 3.05) is 0 Å². The van der Waals surface area contributed by atoms with Crippen LogP contribution in [0.25, 0.3) is 0 Å². The summed E-state index contributed by atoms with van der Waals surface area (Å²) in [7, 11) is 0. The summed E-state index contributed by atoms with van der Waals surface area (Å²) < 4.78 is 5.49. The number of aromatic nitrogens is 2. The number of hydrogen-bond acceptors (Lipinski definition) is 4. The fraction of sp³-hybridized carbons (Fsp3) is 0.167. The molecular weight excluding hydrogens is 240 g/mol. The van der Waals surface area contributed by atoms with E-state index in [1.807, 2.05) is 13.0 Å². The van der Waals surface area contributed by atoms with Crippen molar-refractivity contribution in [3.05, 3.63) is 46.9 Å². The summed E-state index contributed by atoms with van der Waals surface area (Å²) in [5.74, 6) is 0.823. The maximum Gasteiger partial charge on any atom is 0.238 e. The molecule has 5 heteroatoms. The van der Waals surface area contributed by atoms with E-state index in [0.717, 1.165) is 5.56 Å². The third-order valence-electron chi connectivity index (χ3n) is 2.13. The summed E-state index contributed by atoms with van der Waals surface area (Å²) in [4.78, 5) is 7.96. The quantitative estimate of drug-likeness (QED) is 0.910. The lowest BCUT2D eigenvalue weighted by Gasteiger charge is -2.07. The standard InChI is InChI=1S/C12H11ClN2O2/c1-8-2-3-11(10(13)4-8)17-12-6-14-5-9(7-16)15-12/h2-6,16H,7H2,1H3. The summed E-state index contributed by atoms with van der Waals surface area (Å²) in [6.07, 6.45) is 2.94. The number of aliphatic hydroxyl groups is 1. The Morgan fingerprint density at radius 3 is 2.88 bits per heavy atom. The molecule has 0 unspecified atom stereocenters. The summed E-state index contributed by atoms with van der Waals surface area (Å²) in [6.45, 7) is 1.77. The summed E-state index contributed by atoms with van der Waals surface area (Å²) in [6, 6.07) is 5.47. The van der Waals surface area contributed by atoms with Crippen molar-refractivity contribution in [1.82, 2.24) is 9.97 Å². The third-order valence-corrected chi connectivity index (χ3v) is 2.42. The number of rotatable bonds is 3. The fourth-order valence-electron chi connectivity index (χ4n) is 1.31. The lowest BCUT2D eigenvalue weighted by atomic mass is 10.2. The predicted molar refractivity (Wildman–Crippen MR) is 64.2 cm³/mol. The van der Waals surface area contributed by atoms with E-state index in [0.29, 0.717) is 22.3 Å². The van der Waals surface area contributed by atoms with Gasteiger partial charge in [-0.05, 0) is 24.6 Å². The summed E-state index contributed by atoms with van der Waals surface area (Å²) in [5.41, 5.74) is 1.50. The highest BCUT2D eigenvalue weighted by molar-refractivity contribution is 6.32. The molecule has 1 aromatic heterocycles. The maximum absolute atomic E-state index is 8.93. The van der Waals surface area contributed by atoms with Gasteiger partial charge in [0.15, 0.2) is 0 Å². The van der Waals surface area contributed by atoms with E-state index in [4.69, 9.17) is 21.4 Å². The van der Waals surface area contributed by atoms with Crippen molar-refractivity contribution >= 4 is 11.6 Å². The Balaban J connectivity index is 2.25. The molecule has 0 spiro atoms. The molecule has 88 valence electrons. The molecule has 0 atom stereocenters. The second-order valence-corrected chi connectivity index (χ2v) is 3.95. The van der Waals surface area contributed by atoms with E-state index in [1.54, 1.807) is 12.1 Å². The molecule has 0 aliphatic heterocycles. The molecule has 0 radical (unpaired) electrons. The highest BCUT2D eigenvalue weighted by Gasteiger charge is 2.05. The van der Waals surface area contributed by atoms with Crippen molar-refractivity contribution in [3.8, 4) is 11.6 Å². The van der Waals surface area contributed by atoms with Gasteiger partial charge in [-0.2, -0.15) is 0 Å². The number of halogens is 1. The smallest absolute Gasteiger partial charge is 0.238 e. The Morgan fingerprint density at radius 2 is 2.18 bits per heavy atom. The molecule has 0 aliphatic rings. The molecule has 0 fully saturated rings. The van der Waals surface area contributed by atoms with E-state index in [2.05, 4.69) is 9.97 Å². The van der Waals surface area contributed by atoms with Gasteiger partial charge in [0.05, 0.1) is 29.7 Å². The van der Waals surface area contributed by atoms with Gasteiger partial charge in [0.25, 0.3) is 0 Å². The Kier molecular flexibility index (Phi) is 3.56. The van der Waals surface area contributed by atoms with Crippen LogP contribution in [0.3, 0.4) is 0 Å². The topological polar surface area (TPSA) is 55.2 Å². The molecule has 2 rings (SSSR count). The van der Waals surface area contributed by atoms with Gasteiger partial charge >= 0.3 is 0 Å². The average Bonchev–Trinajstić information content (AvgIpc) is 2.33. The van der Waals surface area contributed by atoms with Gasteiger partial charge in [0.1, 0.15) is 5.75 Å². The Bertz CT molecular complexity index is 532. The lowest BCUT2D eigenvalue weighted by molar-refractivity contribution is 0.274. The SMILES string of the molecule is Cc1ccc(Oc2cncc(CO)n2)c(Cl)c1. The van der Waals surface area contributed by atoms with Crippen LogP contribution in [0.4, 0.5) is 0 Å². The van der Waals surface area contributed by atoms with Gasteiger partial charge in [-0.15, -0.1) is 0 Å². The molecule has 0 bridgehead atoms. The highest BCUT2D eigenvalue weighted by Crippen LogP contribution is 2.28. The molecule has 0 aliphatic carbocycles. The van der Waals surface area contributed by atoms with Crippen LogP contribution in [-0.2, 0) is 6.61 Å². The first kappa shape index (κ1) is 11.8. The van der Waals surface area contributed by atoms with Crippen LogP contribution in [-0.4, -0.2) is 15.1 Å². The molecule has 1 aromatic carbocycles. The van der Waals surface area contributed by atoms with E-state index < -0.39 is 0 Å². The van der Waals surface area contributed by atoms with Crippen LogP contribution in [0.2, 0.25) is 5.02 Å². The third kappa shape index (κ3) is 2.93. The largest absolute Gasteiger partial charge is 0.436 e. The van der Waals surface area contributed by atoms with Crippen molar-refractivity contribution in [2.45, 2.75) is 13.5 Å². The Hall–Kier alpha value is -1.65. The minimum atomic E-state index is -0.175. The fourth-order valence-corrected chi connectivity index (χ4v) is 1.59. The van der Waals surface area contributed by atoms with Gasteiger partial charge in [-0.25, -0.2) is 4.98 Å². The number of nitrogens with zero attached hydrogens (tertiary/aromatic N) is 2. The second kappa shape index (κ2) is 5.12. The van der Waals surface area contributed by atoms with Crippen molar-refractivity contribution in [3.63, 3.8) is 0 Å². The molecule has 0 amide bonds. The van der Waals surface area contributed by atoms with Crippen LogP contribution in [0.1, 0.15) is 11.3 Å². The molecule has 17 heavy (non-hydrogen) atoms. The molecule has 4 nitrogen and oxygen atoms in total. The Labute approximate surface area is 104 Å². The highest BCUT2D eigenvalue weighted by atomic mass is 35.5. The lowest BCUT2D eigenvalue weighted by Crippen LogP contribution is -1.95. The Morgan fingerprint density at radius 1 is 1.35 bits per heavy atom. The normalized spacial score (nSPS) is 10.3. The number of aryl methyl sites for hydroxylation is 1. The first-order chi connectivity index (χ1) is 8.19. The van der Waals surface area contributed by atoms with Gasteiger partial charge in [0, 0.05) is 0 Å². The number of hydrogen-bond donors (Lipinski definition) is 1. The maximum atomic E-state index is 8.93. The van der Waals surface area contributed by atoms with Gasteiger partial charge in [-0.3, -0.25) is 4.98 Å². The minimum Gasteiger partial charge on any atom is -0.436 e. The van der Waals surface area contributed by atoms with Crippen LogP contribution < -0.4 is 4.74 Å². The molecule has 2 aromatic rings. The second-order valence-electron chi connectivity index (χ2n) is 3.54. The van der Waals surface area contributed by atoms with Gasteiger partial charge < -0.3 is 9.84 Å². The zero-order valence-corrected chi connectivity index (χ0v) is 9.98. The van der Waals surface area contributed by atoms with Crippen LogP contribution >= 0.6 is 11.6 Å². The molecular formula is C12H11ClN2O2. The van der Waals surface area contributed by atoms with Gasteiger partial charge in [0.2, 0.25) is 5.88 Å². The minimum absolute atomic E-state index is 0.175. The number of benzene rings is 1. The van der Waals surface area contributed by atoms with Crippen molar-refractivity contribution < 1.29 is 9.84 Å². The van der Waals surface area contributed by atoms with Crippen molar-refractivity contribution in [1.29, 1.82) is 0 Å². The molecule has 1 heterocycles. The van der Waals surface area contributed by atoms with E-state index in [9.17, 15) is 0 Å². The van der Waals surface area contributed by atoms with Crippen molar-refractivity contribution in [2.24, 2.45) is 0 Å². The van der Waals surface area contributed by atoms with Crippen LogP contribution in [0.5, 0.6) is 11.6 Å². The zero-order chi connectivity index (χ0) is 12.3. The van der Waals surface area contributed by atoms with Gasteiger partial charge in [-0.1, -0.05) is 17.7 Å². The predicted octanol–water partition coefficient (Wildman–Crippen LogP) is 2.72. The molecule has 1 N–H and O–H groups in total. The monoisotopic (exact) mass is 250 g/mol. The van der Waals surface area contributed by atoms with E-state index >= 15 is 0 Å². The van der Waals surface area contributed by atoms with Crippen LogP contribution in [0, 0.1) is 6.92 Å². The summed E-state index contributed by atoms with van der Waals surface area (Å²) in [5, 5.41) is 9.45. The van der Waals surface area contributed by atoms with E-state index in [1.165, 1.54) is 12.4 Å². The molecule has 0 saturated heterocycles. The van der Waals surface area contributed by atoms with Crippen LogP contribution in [0.15, 0.2) is 30.6 Å². The zero-order valence-electron chi connectivity index (χ0n) is 9.22. The first-order valence-corrected chi connectivity index (χ1v) is 5.42. The van der Waals surface area contributed by atoms with E-state index in [-0.39, 0.29) is 6.61 Å². The number of ether oxygens (including phenoxy) is 1. The molecule has 0 saturated carbocycles. The summed E-state index contributed by atoms with van der Waals surface area (Å²) >= 11 is 6.03. The number of aliphatic hydroxyl groups excluding tert-OH is 1. The first-order valence-electron chi connectivity index (χ1n) is 5.05.